The van der Waals surface area contributed by atoms with Crippen molar-refractivity contribution < 1.29 is 4.74 Å². The number of anilines is 1. The van der Waals surface area contributed by atoms with E-state index in [2.05, 4.69) is 30.9 Å². The molecule has 1 fully saturated rings. The molecule has 2 heterocycles. The van der Waals surface area contributed by atoms with Gasteiger partial charge in [0.15, 0.2) is 5.13 Å². The Morgan fingerprint density at radius 2 is 1.86 bits per heavy atom. The van der Waals surface area contributed by atoms with Crippen LogP contribution in [0.3, 0.4) is 0 Å². The molecule has 1 aromatic heterocycles. The summed E-state index contributed by atoms with van der Waals surface area (Å²) in [6.07, 6.45) is 2.55. The molecule has 21 heavy (non-hydrogen) atoms. The van der Waals surface area contributed by atoms with E-state index in [1.807, 2.05) is 23.5 Å². The smallest absolute Gasteiger partial charge is 0.186 e. The summed E-state index contributed by atoms with van der Waals surface area (Å²) in [6.45, 7) is 6.77. The summed E-state index contributed by atoms with van der Waals surface area (Å²) in [6, 6.07) is 8.17. The van der Waals surface area contributed by atoms with Gasteiger partial charge in [-0.3, -0.25) is 0 Å². The van der Waals surface area contributed by atoms with Gasteiger partial charge in [0.05, 0.1) is 12.8 Å². The molecule has 0 N–H and O–H groups in total. The number of aromatic nitrogens is 1. The van der Waals surface area contributed by atoms with E-state index in [-0.39, 0.29) is 0 Å². The van der Waals surface area contributed by atoms with Crippen LogP contribution in [0, 0.1) is 12.8 Å². The molecular weight excluding hydrogens is 280 g/mol. The highest BCUT2D eigenvalue weighted by molar-refractivity contribution is 7.16. The van der Waals surface area contributed by atoms with Crippen molar-refractivity contribution >= 4 is 16.5 Å². The molecule has 3 nitrogen and oxygen atoms in total. The summed E-state index contributed by atoms with van der Waals surface area (Å²) in [7, 11) is 1.69. The highest BCUT2D eigenvalue weighted by atomic mass is 32.1. The number of nitrogens with zero attached hydrogens (tertiary/aromatic N) is 2. The number of methoxy groups -OCH3 is 1. The molecule has 0 aliphatic carbocycles. The molecule has 1 aliphatic heterocycles. The molecule has 2 aromatic rings. The normalized spacial score (nSPS) is 16.2. The van der Waals surface area contributed by atoms with Crippen LogP contribution in [0.1, 0.15) is 24.6 Å². The van der Waals surface area contributed by atoms with Crippen LogP contribution >= 0.6 is 11.3 Å². The topological polar surface area (TPSA) is 25.4 Å². The summed E-state index contributed by atoms with van der Waals surface area (Å²) in [5, 5.41) is 1.17. The van der Waals surface area contributed by atoms with Gasteiger partial charge in [-0.15, -0.1) is 11.3 Å². The third-order valence-corrected chi connectivity index (χ3v) is 5.23. The molecule has 1 aromatic carbocycles. The van der Waals surface area contributed by atoms with Crippen LogP contribution in [0.15, 0.2) is 24.3 Å². The minimum Gasteiger partial charge on any atom is -0.497 e. The Kier molecular flexibility index (Phi) is 4.15. The van der Waals surface area contributed by atoms with Gasteiger partial charge in [0, 0.05) is 23.5 Å². The molecule has 0 spiro atoms. The molecular formula is C17H22N2OS. The second-order valence-electron chi connectivity index (χ2n) is 5.80. The van der Waals surface area contributed by atoms with Gasteiger partial charge in [-0.1, -0.05) is 6.92 Å². The first-order valence-corrected chi connectivity index (χ1v) is 8.36. The Hall–Kier alpha value is -1.55. The monoisotopic (exact) mass is 302 g/mol. The largest absolute Gasteiger partial charge is 0.497 e. The number of ether oxygens (including phenoxy) is 1. The van der Waals surface area contributed by atoms with Crippen LogP contribution in [0.25, 0.3) is 11.3 Å². The summed E-state index contributed by atoms with van der Waals surface area (Å²) in [4.78, 5) is 8.61. The maximum absolute atomic E-state index is 5.22. The molecule has 0 radical (unpaired) electrons. The Balaban J connectivity index is 1.83. The van der Waals surface area contributed by atoms with E-state index in [1.165, 1.54) is 28.4 Å². The third-order valence-electron chi connectivity index (χ3n) is 4.20. The van der Waals surface area contributed by atoms with Crippen LogP contribution < -0.4 is 9.64 Å². The molecule has 1 aliphatic rings. The molecule has 0 amide bonds. The minimum absolute atomic E-state index is 0.850. The molecule has 0 atom stereocenters. The lowest BCUT2D eigenvalue weighted by Gasteiger charge is -2.29. The van der Waals surface area contributed by atoms with Gasteiger partial charge in [0.1, 0.15) is 5.75 Å². The third kappa shape index (κ3) is 3.05. The Morgan fingerprint density at radius 3 is 2.48 bits per heavy atom. The van der Waals surface area contributed by atoms with Crippen LogP contribution in [0.2, 0.25) is 0 Å². The van der Waals surface area contributed by atoms with Crippen LogP contribution in [0.5, 0.6) is 5.75 Å². The zero-order chi connectivity index (χ0) is 14.8. The number of rotatable bonds is 3. The standard InChI is InChI=1S/C17H22N2OS/c1-12-8-10-19(11-9-12)17-18-16(13(2)21-17)14-4-6-15(20-3)7-5-14/h4-7,12H,8-11H2,1-3H3. The van der Waals surface area contributed by atoms with E-state index in [4.69, 9.17) is 9.72 Å². The van der Waals surface area contributed by atoms with Crippen LogP contribution in [-0.2, 0) is 0 Å². The van der Waals surface area contributed by atoms with Gasteiger partial charge in [-0.2, -0.15) is 0 Å². The van der Waals surface area contributed by atoms with Crippen molar-refractivity contribution in [3.8, 4) is 17.0 Å². The van der Waals surface area contributed by atoms with E-state index >= 15 is 0 Å². The van der Waals surface area contributed by atoms with Crippen molar-refractivity contribution in [1.82, 2.24) is 4.98 Å². The quantitative estimate of drug-likeness (QED) is 0.842. The number of benzene rings is 1. The number of piperidine rings is 1. The Morgan fingerprint density at radius 1 is 1.19 bits per heavy atom. The van der Waals surface area contributed by atoms with Gasteiger partial charge in [0.25, 0.3) is 0 Å². The van der Waals surface area contributed by atoms with Gasteiger partial charge in [-0.25, -0.2) is 4.98 Å². The lowest BCUT2D eigenvalue weighted by molar-refractivity contribution is 0.415. The van der Waals surface area contributed by atoms with Gasteiger partial charge < -0.3 is 9.64 Å². The van der Waals surface area contributed by atoms with E-state index in [1.54, 1.807) is 7.11 Å². The van der Waals surface area contributed by atoms with Crippen molar-refractivity contribution in [2.45, 2.75) is 26.7 Å². The van der Waals surface area contributed by atoms with Crippen LogP contribution in [-0.4, -0.2) is 25.2 Å². The van der Waals surface area contributed by atoms with Crippen molar-refractivity contribution in [1.29, 1.82) is 0 Å². The Bertz CT molecular complexity index is 598. The second-order valence-corrected chi connectivity index (χ2v) is 6.98. The number of hydrogen-bond acceptors (Lipinski definition) is 4. The minimum atomic E-state index is 0.850. The fraction of sp³-hybridized carbons (Fsp3) is 0.471. The SMILES string of the molecule is COc1ccc(-c2nc(N3CCC(C)CC3)sc2C)cc1. The van der Waals surface area contributed by atoms with Crippen molar-refractivity contribution in [2.75, 3.05) is 25.1 Å². The summed E-state index contributed by atoms with van der Waals surface area (Å²) in [5.74, 6) is 1.74. The average Bonchev–Trinajstić information content (AvgIpc) is 2.90. The fourth-order valence-corrected chi connectivity index (χ4v) is 3.72. The second kappa shape index (κ2) is 6.06. The summed E-state index contributed by atoms with van der Waals surface area (Å²) < 4.78 is 5.22. The summed E-state index contributed by atoms with van der Waals surface area (Å²) >= 11 is 1.81. The molecule has 3 rings (SSSR count). The van der Waals surface area contributed by atoms with E-state index in [0.29, 0.717) is 0 Å². The van der Waals surface area contributed by atoms with Gasteiger partial charge in [0.2, 0.25) is 0 Å². The van der Waals surface area contributed by atoms with E-state index in [0.717, 1.165) is 30.5 Å². The first-order chi connectivity index (χ1) is 10.2. The molecule has 4 heteroatoms. The lowest BCUT2D eigenvalue weighted by atomic mass is 10.00. The highest BCUT2D eigenvalue weighted by Gasteiger charge is 2.20. The first-order valence-electron chi connectivity index (χ1n) is 7.54. The van der Waals surface area contributed by atoms with Crippen molar-refractivity contribution in [2.24, 2.45) is 5.92 Å². The lowest BCUT2D eigenvalue weighted by Crippen LogP contribution is -2.32. The number of thiazole rings is 1. The fourth-order valence-electron chi connectivity index (χ4n) is 2.73. The molecule has 0 saturated carbocycles. The van der Waals surface area contributed by atoms with Gasteiger partial charge in [-0.05, 0) is 49.9 Å². The van der Waals surface area contributed by atoms with Crippen molar-refractivity contribution in [3.05, 3.63) is 29.1 Å². The average molecular weight is 302 g/mol. The zero-order valence-electron chi connectivity index (χ0n) is 12.9. The van der Waals surface area contributed by atoms with Crippen molar-refractivity contribution in [3.63, 3.8) is 0 Å². The van der Waals surface area contributed by atoms with Gasteiger partial charge >= 0.3 is 0 Å². The first kappa shape index (κ1) is 14.4. The molecule has 0 bridgehead atoms. The zero-order valence-corrected chi connectivity index (χ0v) is 13.7. The Labute approximate surface area is 130 Å². The summed E-state index contributed by atoms with van der Waals surface area (Å²) in [5.41, 5.74) is 2.28. The predicted molar refractivity (Wildman–Crippen MR) is 89.5 cm³/mol. The predicted octanol–water partition coefficient (Wildman–Crippen LogP) is 4.36. The maximum atomic E-state index is 5.22. The van der Waals surface area contributed by atoms with Crippen LogP contribution in [0.4, 0.5) is 5.13 Å². The highest BCUT2D eigenvalue weighted by Crippen LogP contribution is 2.34. The molecule has 112 valence electrons. The van der Waals surface area contributed by atoms with E-state index < -0.39 is 0 Å². The molecule has 0 unspecified atom stereocenters. The molecule has 1 saturated heterocycles. The van der Waals surface area contributed by atoms with E-state index in [9.17, 15) is 0 Å². The number of hydrogen-bond donors (Lipinski definition) is 0. The number of aryl methyl sites for hydroxylation is 1. The maximum Gasteiger partial charge on any atom is 0.186 e.